The maximum absolute atomic E-state index is 12.3. The van der Waals surface area contributed by atoms with Gasteiger partial charge in [0.1, 0.15) is 10.8 Å². The zero-order valence-electron chi connectivity index (χ0n) is 11.7. The minimum atomic E-state index is -0.103. The fourth-order valence-electron chi connectivity index (χ4n) is 2.06. The summed E-state index contributed by atoms with van der Waals surface area (Å²) >= 11 is 6.15. The molecule has 5 heteroatoms. The number of carbonyl (C=O) groups is 1. The Bertz CT molecular complexity index is 615. The first-order valence-electron chi connectivity index (χ1n) is 6.59. The second kappa shape index (κ2) is 6.68. The Morgan fingerprint density at radius 2 is 2.15 bits per heavy atom. The molecule has 0 saturated carbocycles. The normalized spacial score (nSPS) is 10.8. The van der Waals surface area contributed by atoms with Crippen molar-refractivity contribution in [2.45, 2.75) is 6.42 Å². The van der Waals surface area contributed by atoms with Crippen LogP contribution >= 0.6 is 11.6 Å². The van der Waals surface area contributed by atoms with E-state index >= 15 is 0 Å². The summed E-state index contributed by atoms with van der Waals surface area (Å²) in [6.45, 7) is 1.56. The number of amides is 1. The lowest BCUT2D eigenvalue weighted by Crippen LogP contribution is -2.30. The van der Waals surface area contributed by atoms with Gasteiger partial charge in [0.25, 0.3) is 5.91 Å². The van der Waals surface area contributed by atoms with Gasteiger partial charge in [0.05, 0.1) is 0 Å². The highest BCUT2D eigenvalue weighted by atomic mass is 35.5. The van der Waals surface area contributed by atoms with Crippen molar-refractivity contribution in [2.24, 2.45) is 0 Å². The molecule has 0 saturated heterocycles. The van der Waals surface area contributed by atoms with Crippen molar-refractivity contribution in [3.8, 4) is 0 Å². The summed E-state index contributed by atoms with van der Waals surface area (Å²) in [4.78, 5) is 18.2. The highest BCUT2D eigenvalue weighted by molar-refractivity contribution is 6.34. The monoisotopic (exact) mass is 291 g/mol. The summed E-state index contributed by atoms with van der Waals surface area (Å²) in [5, 5.41) is 5.23. The van der Waals surface area contributed by atoms with Crippen molar-refractivity contribution in [3.63, 3.8) is 0 Å². The van der Waals surface area contributed by atoms with Crippen LogP contribution in [-0.2, 0) is 0 Å². The number of nitrogens with zero attached hydrogens (tertiary/aromatic N) is 2. The van der Waals surface area contributed by atoms with E-state index in [2.05, 4.69) is 10.3 Å². The molecule has 2 aromatic rings. The highest BCUT2D eigenvalue weighted by Crippen LogP contribution is 2.22. The summed E-state index contributed by atoms with van der Waals surface area (Å²) in [5.41, 5.74) is 0.389. The highest BCUT2D eigenvalue weighted by Gasteiger charge is 2.15. The van der Waals surface area contributed by atoms with E-state index in [1.807, 2.05) is 31.3 Å². The standard InChI is InChI=1S/C15H18ClN3O/c1-17-8-5-9-19(2)15(20)13-10-11-6-3-4-7-12(11)14(16)18-13/h3-4,6-7,10,17H,5,8-9H2,1-2H3. The molecule has 1 N–H and O–H groups in total. The van der Waals surface area contributed by atoms with Crippen molar-refractivity contribution >= 4 is 28.3 Å². The van der Waals surface area contributed by atoms with E-state index in [4.69, 9.17) is 11.6 Å². The maximum Gasteiger partial charge on any atom is 0.272 e. The Labute approximate surface area is 123 Å². The molecule has 0 unspecified atom stereocenters. The number of benzene rings is 1. The van der Waals surface area contributed by atoms with Crippen LogP contribution in [0.5, 0.6) is 0 Å². The molecule has 0 atom stereocenters. The van der Waals surface area contributed by atoms with Gasteiger partial charge in [-0.05, 0) is 31.5 Å². The number of hydrogen-bond acceptors (Lipinski definition) is 3. The number of hydrogen-bond donors (Lipinski definition) is 1. The molecule has 20 heavy (non-hydrogen) atoms. The largest absolute Gasteiger partial charge is 0.340 e. The summed E-state index contributed by atoms with van der Waals surface area (Å²) in [6.07, 6.45) is 0.903. The Kier molecular flexibility index (Phi) is 4.93. The minimum absolute atomic E-state index is 0.103. The third-order valence-electron chi connectivity index (χ3n) is 3.18. The number of aromatic nitrogens is 1. The summed E-state index contributed by atoms with van der Waals surface area (Å²) in [5.74, 6) is -0.103. The summed E-state index contributed by atoms with van der Waals surface area (Å²) in [7, 11) is 3.68. The van der Waals surface area contributed by atoms with E-state index in [9.17, 15) is 4.79 Å². The fraction of sp³-hybridized carbons (Fsp3) is 0.333. The Hall–Kier alpha value is -1.65. The molecular formula is C15H18ClN3O. The van der Waals surface area contributed by atoms with Gasteiger partial charge in [-0.2, -0.15) is 0 Å². The Morgan fingerprint density at radius 1 is 1.40 bits per heavy atom. The molecular weight excluding hydrogens is 274 g/mol. The van der Waals surface area contributed by atoms with Crippen LogP contribution in [0.3, 0.4) is 0 Å². The van der Waals surface area contributed by atoms with E-state index in [0.29, 0.717) is 17.4 Å². The topological polar surface area (TPSA) is 45.2 Å². The van der Waals surface area contributed by atoms with Gasteiger partial charge >= 0.3 is 0 Å². The van der Waals surface area contributed by atoms with Crippen LogP contribution in [0, 0.1) is 0 Å². The molecule has 2 rings (SSSR count). The smallest absolute Gasteiger partial charge is 0.272 e. The second-order valence-corrected chi connectivity index (χ2v) is 5.06. The molecule has 1 amide bonds. The number of pyridine rings is 1. The summed E-state index contributed by atoms with van der Waals surface area (Å²) in [6, 6.07) is 9.44. The quantitative estimate of drug-likeness (QED) is 0.680. The van der Waals surface area contributed by atoms with Gasteiger partial charge in [0, 0.05) is 19.0 Å². The third kappa shape index (κ3) is 3.26. The molecule has 0 aliphatic rings. The van der Waals surface area contributed by atoms with Gasteiger partial charge in [-0.25, -0.2) is 4.98 Å². The second-order valence-electron chi connectivity index (χ2n) is 4.70. The number of fused-ring (bicyclic) bond motifs is 1. The van der Waals surface area contributed by atoms with E-state index < -0.39 is 0 Å². The van der Waals surface area contributed by atoms with Gasteiger partial charge in [0.15, 0.2) is 0 Å². The van der Waals surface area contributed by atoms with Gasteiger partial charge in [-0.3, -0.25) is 4.79 Å². The average Bonchev–Trinajstić information content (AvgIpc) is 2.46. The number of nitrogens with one attached hydrogen (secondary N) is 1. The van der Waals surface area contributed by atoms with Crippen LogP contribution in [0.15, 0.2) is 30.3 Å². The molecule has 1 aromatic heterocycles. The van der Waals surface area contributed by atoms with E-state index in [1.165, 1.54) is 0 Å². The molecule has 0 aliphatic heterocycles. The Balaban J connectivity index is 2.22. The van der Waals surface area contributed by atoms with Crippen molar-refractivity contribution in [3.05, 3.63) is 41.2 Å². The lowest BCUT2D eigenvalue weighted by molar-refractivity contribution is 0.0788. The molecule has 4 nitrogen and oxygen atoms in total. The number of rotatable bonds is 5. The minimum Gasteiger partial charge on any atom is -0.340 e. The first kappa shape index (κ1) is 14.8. The number of carbonyl (C=O) groups excluding carboxylic acids is 1. The first-order valence-corrected chi connectivity index (χ1v) is 6.96. The molecule has 0 spiro atoms. The van der Waals surface area contributed by atoms with Crippen LogP contribution in [0.2, 0.25) is 5.15 Å². The average molecular weight is 292 g/mol. The molecule has 0 aliphatic carbocycles. The number of halogens is 1. The fourth-order valence-corrected chi connectivity index (χ4v) is 2.32. The molecule has 1 heterocycles. The molecule has 106 valence electrons. The van der Waals surface area contributed by atoms with Crippen LogP contribution in [0.25, 0.3) is 10.8 Å². The van der Waals surface area contributed by atoms with Gasteiger partial charge < -0.3 is 10.2 Å². The molecule has 0 radical (unpaired) electrons. The van der Waals surface area contributed by atoms with Crippen molar-refractivity contribution in [1.82, 2.24) is 15.2 Å². The van der Waals surface area contributed by atoms with E-state index in [1.54, 1.807) is 18.0 Å². The SMILES string of the molecule is CNCCCN(C)C(=O)c1cc2ccccc2c(Cl)n1. The van der Waals surface area contributed by atoms with E-state index in [-0.39, 0.29) is 5.91 Å². The molecule has 1 aromatic carbocycles. The van der Waals surface area contributed by atoms with Gasteiger partial charge in [0.2, 0.25) is 0 Å². The Morgan fingerprint density at radius 3 is 2.90 bits per heavy atom. The zero-order chi connectivity index (χ0) is 14.5. The van der Waals surface area contributed by atoms with Crippen molar-refractivity contribution < 1.29 is 4.79 Å². The lowest BCUT2D eigenvalue weighted by Gasteiger charge is -2.17. The van der Waals surface area contributed by atoms with Gasteiger partial charge in [-0.1, -0.05) is 35.9 Å². The molecule has 0 bridgehead atoms. The van der Waals surface area contributed by atoms with Crippen LogP contribution in [0.4, 0.5) is 0 Å². The third-order valence-corrected chi connectivity index (χ3v) is 3.47. The maximum atomic E-state index is 12.3. The first-order chi connectivity index (χ1) is 9.63. The van der Waals surface area contributed by atoms with Crippen molar-refractivity contribution in [1.29, 1.82) is 0 Å². The van der Waals surface area contributed by atoms with Crippen LogP contribution in [-0.4, -0.2) is 43.0 Å². The van der Waals surface area contributed by atoms with E-state index in [0.717, 1.165) is 23.7 Å². The molecule has 0 fully saturated rings. The lowest BCUT2D eigenvalue weighted by atomic mass is 10.1. The predicted molar refractivity (Wildman–Crippen MR) is 82.3 cm³/mol. The van der Waals surface area contributed by atoms with Crippen LogP contribution < -0.4 is 5.32 Å². The summed E-state index contributed by atoms with van der Waals surface area (Å²) < 4.78 is 0. The van der Waals surface area contributed by atoms with Crippen molar-refractivity contribution in [2.75, 3.05) is 27.2 Å². The van der Waals surface area contributed by atoms with Gasteiger partial charge in [-0.15, -0.1) is 0 Å². The predicted octanol–water partition coefficient (Wildman–Crippen LogP) is 2.57. The zero-order valence-corrected chi connectivity index (χ0v) is 12.4. The van der Waals surface area contributed by atoms with Crippen LogP contribution in [0.1, 0.15) is 16.9 Å².